The highest BCUT2D eigenvalue weighted by molar-refractivity contribution is 4.32. The molecule has 0 unspecified atom stereocenters. The van der Waals surface area contributed by atoms with E-state index in [1.54, 1.807) is 0 Å². The first kappa shape index (κ1) is 40.0. The molecule has 0 atom stereocenters. The predicted octanol–water partition coefficient (Wildman–Crippen LogP) is -1.24. The van der Waals surface area contributed by atoms with E-state index in [9.17, 15) is 0 Å². The van der Waals surface area contributed by atoms with Crippen LogP contribution in [0.1, 0.15) is 64.2 Å². The first-order chi connectivity index (χ1) is 14.6. The average molecular weight is 451 g/mol. The molecule has 10 heteroatoms. The van der Waals surface area contributed by atoms with Gasteiger partial charge in [0.2, 0.25) is 0 Å². The molecular formula is C20H50O10. The van der Waals surface area contributed by atoms with Gasteiger partial charge in [0.05, 0.1) is 0 Å². The molecule has 0 rings (SSSR count). The van der Waals surface area contributed by atoms with Crippen molar-refractivity contribution in [1.82, 2.24) is 0 Å². The summed E-state index contributed by atoms with van der Waals surface area (Å²) in [6.45, 7) is 1.95. The zero-order valence-electron chi connectivity index (χ0n) is 18.6. The number of hydrogen-bond donors (Lipinski definition) is 10. The maximum absolute atomic E-state index is 8.09. The van der Waals surface area contributed by atoms with Crippen molar-refractivity contribution in [2.45, 2.75) is 64.2 Å². The molecule has 0 radical (unpaired) electrons. The standard InChI is InChI=1S/5C4H10O2/c5*5-3-1-2-4-6/h5*5-6H,1-4H2. The van der Waals surface area contributed by atoms with Gasteiger partial charge in [0.25, 0.3) is 0 Å². The highest BCUT2D eigenvalue weighted by atomic mass is 16.3. The van der Waals surface area contributed by atoms with Crippen LogP contribution in [0.25, 0.3) is 0 Å². The molecule has 0 aliphatic heterocycles. The molecule has 10 N–H and O–H groups in total. The summed E-state index contributed by atoms with van der Waals surface area (Å²) in [5.41, 5.74) is 0. The molecule has 0 bridgehead atoms. The summed E-state index contributed by atoms with van der Waals surface area (Å²) in [5.74, 6) is 0. The van der Waals surface area contributed by atoms with Gasteiger partial charge in [-0.2, -0.15) is 0 Å². The summed E-state index contributed by atoms with van der Waals surface area (Å²) in [6.07, 6.45) is 7.19. The maximum atomic E-state index is 8.09. The van der Waals surface area contributed by atoms with Gasteiger partial charge in [-0.1, -0.05) is 0 Å². The molecule has 0 saturated carbocycles. The van der Waals surface area contributed by atoms with Gasteiger partial charge in [-0.3, -0.25) is 0 Å². The molecule has 0 heterocycles. The lowest BCUT2D eigenvalue weighted by atomic mass is 10.3. The Morgan fingerprint density at radius 1 is 0.167 bits per heavy atom. The second-order valence-electron chi connectivity index (χ2n) is 5.77. The van der Waals surface area contributed by atoms with E-state index in [1.807, 2.05) is 0 Å². The Kier molecular flexibility index (Phi) is 75.6. The molecule has 0 amide bonds. The van der Waals surface area contributed by atoms with Crippen LogP contribution in [0.4, 0.5) is 0 Å². The van der Waals surface area contributed by atoms with E-state index >= 15 is 0 Å². The van der Waals surface area contributed by atoms with Gasteiger partial charge in [0.15, 0.2) is 0 Å². The Bertz CT molecular complexity index is 134. The van der Waals surface area contributed by atoms with E-state index in [0.29, 0.717) is 0 Å². The average Bonchev–Trinajstić information content (AvgIpc) is 2.78. The van der Waals surface area contributed by atoms with Crippen LogP contribution in [0.15, 0.2) is 0 Å². The molecule has 0 saturated heterocycles. The molecule has 0 aromatic rings. The highest BCUT2D eigenvalue weighted by Crippen LogP contribution is 1.82. The van der Waals surface area contributed by atoms with Gasteiger partial charge < -0.3 is 51.1 Å². The quantitative estimate of drug-likeness (QED) is 0.134. The molecule has 10 nitrogen and oxygen atoms in total. The van der Waals surface area contributed by atoms with Crippen LogP contribution in [0.5, 0.6) is 0 Å². The summed E-state index contributed by atoms with van der Waals surface area (Å²) in [4.78, 5) is 0. The number of unbranched alkanes of at least 4 members (excludes halogenated alkanes) is 5. The molecule has 30 heavy (non-hydrogen) atoms. The fourth-order valence-electron chi connectivity index (χ4n) is 1.12. The van der Waals surface area contributed by atoms with Crippen molar-refractivity contribution in [3.05, 3.63) is 0 Å². The summed E-state index contributed by atoms with van der Waals surface area (Å²) in [5, 5.41) is 80.9. The van der Waals surface area contributed by atoms with E-state index in [4.69, 9.17) is 51.1 Å². The van der Waals surface area contributed by atoms with Gasteiger partial charge in [0, 0.05) is 66.1 Å². The highest BCUT2D eigenvalue weighted by Gasteiger charge is 1.79. The largest absolute Gasteiger partial charge is 0.396 e. The van der Waals surface area contributed by atoms with E-state index in [0.717, 1.165) is 64.2 Å². The lowest BCUT2D eigenvalue weighted by molar-refractivity contribution is 0.242. The first-order valence-electron chi connectivity index (χ1n) is 10.7. The van der Waals surface area contributed by atoms with E-state index in [2.05, 4.69) is 0 Å². The van der Waals surface area contributed by atoms with Gasteiger partial charge in [-0.05, 0) is 64.2 Å². The summed E-state index contributed by atoms with van der Waals surface area (Å²) >= 11 is 0. The fraction of sp³-hybridized carbons (Fsp3) is 1.00. The first-order valence-corrected chi connectivity index (χ1v) is 10.7. The maximum Gasteiger partial charge on any atom is 0.0431 e. The third-order valence-corrected chi connectivity index (χ3v) is 2.83. The zero-order valence-corrected chi connectivity index (χ0v) is 18.6. The molecule has 0 aromatic carbocycles. The topological polar surface area (TPSA) is 202 Å². The van der Waals surface area contributed by atoms with Crippen molar-refractivity contribution >= 4 is 0 Å². The molecule has 0 aliphatic rings. The minimum Gasteiger partial charge on any atom is -0.396 e. The molecule has 0 spiro atoms. The van der Waals surface area contributed by atoms with Crippen LogP contribution in [0.3, 0.4) is 0 Å². The Morgan fingerprint density at radius 2 is 0.233 bits per heavy atom. The SMILES string of the molecule is OCCCCO.OCCCCO.OCCCCO.OCCCCO.OCCCCO. The van der Waals surface area contributed by atoms with Gasteiger partial charge in [-0.25, -0.2) is 0 Å². The van der Waals surface area contributed by atoms with Crippen LogP contribution < -0.4 is 0 Å². The normalized spacial score (nSPS) is 9.00. The minimum absolute atomic E-state index is 0.195. The zero-order chi connectivity index (χ0) is 24.1. The molecule has 0 fully saturated rings. The monoisotopic (exact) mass is 450 g/mol. The molecule has 0 aliphatic carbocycles. The second kappa shape index (κ2) is 56.7. The van der Waals surface area contributed by atoms with Crippen LogP contribution >= 0.6 is 0 Å². The number of aliphatic hydroxyl groups excluding tert-OH is 10. The number of rotatable bonds is 15. The van der Waals surface area contributed by atoms with Crippen molar-refractivity contribution in [1.29, 1.82) is 0 Å². The second-order valence-corrected chi connectivity index (χ2v) is 5.77. The predicted molar refractivity (Wildman–Crippen MR) is 117 cm³/mol. The Morgan fingerprint density at radius 3 is 0.267 bits per heavy atom. The summed E-state index contributed by atoms with van der Waals surface area (Å²) in [6, 6.07) is 0. The van der Waals surface area contributed by atoms with Crippen LogP contribution in [-0.2, 0) is 0 Å². The van der Waals surface area contributed by atoms with Crippen LogP contribution in [0.2, 0.25) is 0 Å². The molecule has 0 aromatic heterocycles. The van der Waals surface area contributed by atoms with Gasteiger partial charge in [-0.15, -0.1) is 0 Å². The van der Waals surface area contributed by atoms with Crippen molar-refractivity contribution in [3.63, 3.8) is 0 Å². The van der Waals surface area contributed by atoms with E-state index < -0.39 is 0 Å². The van der Waals surface area contributed by atoms with Crippen molar-refractivity contribution in [3.8, 4) is 0 Å². The minimum atomic E-state index is 0.195. The van der Waals surface area contributed by atoms with Crippen molar-refractivity contribution < 1.29 is 51.1 Å². The summed E-state index contributed by atoms with van der Waals surface area (Å²) < 4.78 is 0. The lowest BCUT2D eigenvalue weighted by Gasteiger charge is -1.85. The van der Waals surface area contributed by atoms with E-state index in [1.165, 1.54) is 0 Å². The summed E-state index contributed by atoms with van der Waals surface area (Å²) in [7, 11) is 0. The van der Waals surface area contributed by atoms with Crippen molar-refractivity contribution in [2.75, 3.05) is 66.1 Å². The smallest absolute Gasteiger partial charge is 0.0431 e. The van der Waals surface area contributed by atoms with Gasteiger partial charge in [0.1, 0.15) is 0 Å². The van der Waals surface area contributed by atoms with E-state index in [-0.39, 0.29) is 66.1 Å². The van der Waals surface area contributed by atoms with Crippen molar-refractivity contribution in [2.24, 2.45) is 0 Å². The number of hydrogen-bond acceptors (Lipinski definition) is 10. The molecule has 190 valence electrons. The Hall–Kier alpha value is -0.400. The van der Waals surface area contributed by atoms with Crippen LogP contribution in [0, 0.1) is 0 Å². The van der Waals surface area contributed by atoms with Crippen LogP contribution in [-0.4, -0.2) is 117 Å². The third kappa shape index (κ3) is 91.6. The lowest BCUT2D eigenvalue weighted by Crippen LogP contribution is -1.85. The Balaban J connectivity index is -0.0000000868. The Labute approximate surface area is 182 Å². The van der Waals surface area contributed by atoms with Gasteiger partial charge >= 0.3 is 0 Å². The third-order valence-electron chi connectivity index (χ3n) is 2.83. The fourth-order valence-corrected chi connectivity index (χ4v) is 1.12. The number of aliphatic hydroxyl groups is 10. The molecular weight excluding hydrogens is 400 g/mol.